The summed E-state index contributed by atoms with van der Waals surface area (Å²) in [6.07, 6.45) is 1.29. The molecule has 1 heterocycles. The number of hydrogen-bond acceptors (Lipinski definition) is 2. The van der Waals surface area contributed by atoms with E-state index in [4.69, 9.17) is 11.6 Å². The van der Waals surface area contributed by atoms with Crippen molar-refractivity contribution in [2.45, 2.75) is 45.1 Å². The Bertz CT molecular complexity index is 486. The van der Waals surface area contributed by atoms with Gasteiger partial charge in [0.1, 0.15) is 0 Å². The summed E-state index contributed by atoms with van der Waals surface area (Å²) in [6, 6.07) is 7.54. The van der Waals surface area contributed by atoms with Crippen molar-refractivity contribution < 1.29 is 9.90 Å². The SMILES string of the molecule is CC(C)C(C(=O)N1CCC(C)(O)CC1)c1ccc(Cl)cc1. The van der Waals surface area contributed by atoms with Gasteiger partial charge in [0.2, 0.25) is 5.91 Å². The lowest BCUT2D eigenvalue weighted by Gasteiger charge is -2.38. The van der Waals surface area contributed by atoms with Crippen LogP contribution in [0.1, 0.15) is 45.1 Å². The number of hydrogen-bond donors (Lipinski definition) is 1. The van der Waals surface area contributed by atoms with Crippen LogP contribution >= 0.6 is 11.6 Å². The van der Waals surface area contributed by atoms with E-state index in [2.05, 4.69) is 13.8 Å². The van der Waals surface area contributed by atoms with Crippen LogP contribution in [-0.4, -0.2) is 34.6 Å². The van der Waals surface area contributed by atoms with Crippen molar-refractivity contribution in [3.05, 3.63) is 34.9 Å². The third kappa shape index (κ3) is 3.98. The second-order valence-electron chi connectivity index (χ2n) is 6.60. The standard InChI is InChI=1S/C17H24ClNO2/c1-12(2)15(13-4-6-14(18)7-5-13)16(20)19-10-8-17(3,21)9-11-19/h4-7,12,15,21H,8-11H2,1-3H3. The van der Waals surface area contributed by atoms with Crippen LogP contribution in [0.5, 0.6) is 0 Å². The highest BCUT2D eigenvalue weighted by molar-refractivity contribution is 6.30. The molecule has 4 heteroatoms. The minimum atomic E-state index is -0.635. The Balaban J connectivity index is 2.15. The average molecular weight is 310 g/mol. The molecule has 1 saturated heterocycles. The number of halogens is 1. The molecule has 1 fully saturated rings. The predicted octanol–water partition coefficient (Wildman–Crippen LogP) is 3.45. The van der Waals surface area contributed by atoms with Gasteiger partial charge >= 0.3 is 0 Å². The molecule has 1 N–H and O–H groups in total. The topological polar surface area (TPSA) is 40.5 Å². The third-order valence-corrected chi connectivity index (χ3v) is 4.57. The summed E-state index contributed by atoms with van der Waals surface area (Å²) in [4.78, 5) is 14.7. The average Bonchev–Trinajstić information content (AvgIpc) is 2.40. The first kappa shape index (κ1) is 16.3. The molecule has 0 aliphatic carbocycles. The molecule has 21 heavy (non-hydrogen) atoms. The Morgan fingerprint density at radius 1 is 1.24 bits per heavy atom. The summed E-state index contributed by atoms with van der Waals surface area (Å²) in [5.74, 6) is 0.231. The quantitative estimate of drug-likeness (QED) is 0.929. The van der Waals surface area contributed by atoms with Crippen LogP contribution in [0.2, 0.25) is 5.02 Å². The number of piperidine rings is 1. The van der Waals surface area contributed by atoms with Crippen LogP contribution in [0.15, 0.2) is 24.3 Å². The van der Waals surface area contributed by atoms with Crippen molar-refractivity contribution in [1.82, 2.24) is 4.90 Å². The molecule has 1 unspecified atom stereocenters. The third-order valence-electron chi connectivity index (χ3n) is 4.31. The molecule has 1 aliphatic heterocycles. The molecule has 1 amide bonds. The van der Waals surface area contributed by atoms with E-state index < -0.39 is 5.60 Å². The van der Waals surface area contributed by atoms with E-state index in [9.17, 15) is 9.90 Å². The van der Waals surface area contributed by atoms with Gasteiger partial charge in [-0.15, -0.1) is 0 Å². The summed E-state index contributed by atoms with van der Waals surface area (Å²) in [6.45, 7) is 7.23. The fourth-order valence-electron chi connectivity index (χ4n) is 2.89. The van der Waals surface area contributed by atoms with Gasteiger partial charge in [0.15, 0.2) is 0 Å². The number of carbonyl (C=O) groups excluding carboxylic acids is 1. The van der Waals surface area contributed by atoms with E-state index in [1.807, 2.05) is 36.1 Å². The lowest BCUT2D eigenvalue weighted by Crippen LogP contribution is -2.47. The van der Waals surface area contributed by atoms with Gasteiger partial charge in [-0.3, -0.25) is 4.79 Å². The van der Waals surface area contributed by atoms with Crippen molar-refractivity contribution in [2.75, 3.05) is 13.1 Å². The molecule has 0 radical (unpaired) electrons. The number of aliphatic hydroxyl groups is 1. The van der Waals surface area contributed by atoms with Crippen LogP contribution in [0.4, 0.5) is 0 Å². The minimum absolute atomic E-state index is 0.148. The Hall–Kier alpha value is -1.06. The number of carbonyl (C=O) groups is 1. The van der Waals surface area contributed by atoms with Gasteiger partial charge in [-0.1, -0.05) is 37.6 Å². The number of rotatable bonds is 3. The van der Waals surface area contributed by atoms with E-state index in [1.54, 1.807) is 0 Å². The molecular weight excluding hydrogens is 286 g/mol. The van der Waals surface area contributed by atoms with Gasteiger partial charge in [0.05, 0.1) is 11.5 Å². The van der Waals surface area contributed by atoms with Crippen LogP contribution in [0.3, 0.4) is 0 Å². The molecule has 0 aromatic heterocycles. The monoisotopic (exact) mass is 309 g/mol. The zero-order valence-electron chi connectivity index (χ0n) is 13.0. The smallest absolute Gasteiger partial charge is 0.230 e. The summed E-state index contributed by atoms with van der Waals surface area (Å²) in [5.41, 5.74) is 0.376. The fraction of sp³-hybridized carbons (Fsp3) is 0.588. The van der Waals surface area contributed by atoms with Gasteiger partial charge in [0, 0.05) is 18.1 Å². The Morgan fingerprint density at radius 2 is 1.76 bits per heavy atom. The summed E-state index contributed by atoms with van der Waals surface area (Å²) in [7, 11) is 0. The molecule has 0 saturated carbocycles. The van der Waals surface area contributed by atoms with Crippen molar-refractivity contribution in [3.8, 4) is 0 Å². The Labute approximate surface area is 131 Å². The molecular formula is C17H24ClNO2. The highest BCUT2D eigenvalue weighted by Crippen LogP contribution is 2.30. The highest BCUT2D eigenvalue weighted by Gasteiger charge is 2.34. The number of amides is 1. The molecule has 1 aromatic carbocycles. The molecule has 3 nitrogen and oxygen atoms in total. The van der Waals surface area contributed by atoms with Gasteiger partial charge < -0.3 is 10.0 Å². The second kappa shape index (κ2) is 6.37. The molecule has 2 rings (SSSR count). The van der Waals surface area contributed by atoms with Crippen molar-refractivity contribution >= 4 is 17.5 Å². The minimum Gasteiger partial charge on any atom is -0.390 e. The lowest BCUT2D eigenvalue weighted by atomic mass is 9.85. The Kier molecular flexibility index (Phi) is 4.95. The summed E-state index contributed by atoms with van der Waals surface area (Å²) >= 11 is 5.93. The number of benzene rings is 1. The Morgan fingerprint density at radius 3 is 2.24 bits per heavy atom. The molecule has 0 spiro atoms. The summed E-state index contributed by atoms with van der Waals surface area (Å²) < 4.78 is 0. The zero-order chi connectivity index (χ0) is 15.6. The van der Waals surface area contributed by atoms with Gasteiger partial charge in [-0.2, -0.15) is 0 Å². The molecule has 116 valence electrons. The van der Waals surface area contributed by atoms with E-state index >= 15 is 0 Å². The largest absolute Gasteiger partial charge is 0.390 e. The van der Waals surface area contributed by atoms with Gasteiger partial charge in [-0.05, 0) is 43.4 Å². The predicted molar refractivity (Wildman–Crippen MR) is 85.5 cm³/mol. The van der Waals surface area contributed by atoms with Crippen molar-refractivity contribution in [1.29, 1.82) is 0 Å². The highest BCUT2D eigenvalue weighted by atomic mass is 35.5. The van der Waals surface area contributed by atoms with Crippen molar-refractivity contribution in [3.63, 3.8) is 0 Å². The van der Waals surface area contributed by atoms with E-state index in [1.165, 1.54) is 0 Å². The maximum Gasteiger partial charge on any atom is 0.230 e. The van der Waals surface area contributed by atoms with Crippen LogP contribution in [0.25, 0.3) is 0 Å². The van der Waals surface area contributed by atoms with E-state index in [0.29, 0.717) is 31.0 Å². The molecule has 0 bridgehead atoms. The van der Waals surface area contributed by atoms with Crippen LogP contribution < -0.4 is 0 Å². The summed E-state index contributed by atoms with van der Waals surface area (Å²) in [5, 5.41) is 10.7. The fourth-order valence-corrected chi connectivity index (χ4v) is 3.01. The maximum absolute atomic E-state index is 12.8. The first-order valence-corrected chi connectivity index (χ1v) is 7.94. The normalized spacial score (nSPS) is 19.6. The van der Waals surface area contributed by atoms with Gasteiger partial charge in [-0.25, -0.2) is 0 Å². The first-order valence-electron chi connectivity index (χ1n) is 7.57. The lowest BCUT2D eigenvalue weighted by molar-refractivity contribution is -0.137. The second-order valence-corrected chi connectivity index (χ2v) is 7.03. The maximum atomic E-state index is 12.8. The zero-order valence-corrected chi connectivity index (χ0v) is 13.7. The van der Waals surface area contributed by atoms with Crippen LogP contribution in [-0.2, 0) is 4.79 Å². The molecule has 1 aliphatic rings. The van der Waals surface area contributed by atoms with Gasteiger partial charge in [0.25, 0.3) is 0 Å². The van der Waals surface area contributed by atoms with E-state index in [-0.39, 0.29) is 17.7 Å². The number of likely N-dealkylation sites (tertiary alicyclic amines) is 1. The van der Waals surface area contributed by atoms with E-state index in [0.717, 1.165) is 5.56 Å². The molecule has 1 atom stereocenters. The molecule has 1 aromatic rings. The number of nitrogens with zero attached hydrogens (tertiary/aromatic N) is 1. The van der Waals surface area contributed by atoms with Crippen LogP contribution in [0, 0.1) is 5.92 Å². The van der Waals surface area contributed by atoms with Crippen molar-refractivity contribution in [2.24, 2.45) is 5.92 Å². The first-order chi connectivity index (χ1) is 9.80.